The van der Waals surface area contributed by atoms with Crippen molar-refractivity contribution >= 4 is 23.8 Å². The smallest absolute Gasteiger partial charge is 0.338 e. The maximum Gasteiger partial charge on any atom is 0.338 e. The summed E-state index contributed by atoms with van der Waals surface area (Å²) < 4.78 is 9.85. The Kier molecular flexibility index (Phi) is 10.1. The van der Waals surface area contributed by atoms with Crippen LogP contribution >= 0.6 is 0 Å². The van der Waals surface area contributed by atoms with Gasteiger partial charge in [0.15, 0.2) is 13.2 Å². The lowest BCUT2D eigenvalue weighted by molar-refractivity contribution is -0.133. The maximum atomic E-state index is 12.0. The Balaban J connectivity index is 2.52. The van der Waals surface area contributed by atoms with Gasteiger partial charge in [-0.05, 0) is 24.3 Å². The highest BCUT2D eigenvalue weighted by Crippen LogP contribution is 2.08. The lowest BCUT2D eigenvalue weighted by Crippen LogP contribution is -2.32. The van der Waals surface area contributed by atoms with Gasteiger partial charge in [0.1, 0.15) is 0 Å². The monoisotopic (exact) mass is 414 g/mol. The van der Waals surface area contributed by atoms with Gasteiger partial charge in [-0.3, -0.25) is 9.59 Å². The van der Waals surface area contributed by atoms with Gasteiger partial charge in [0.05, 0.1) is 36.1 Å². The molecule has 1 aromatic carbocycles. The van der Waals surface area contributed by atoms with Crippen LogP contribution in [0.5, 0.6) is 0 Å². The number of esters is 2. The van der Waals surface area contributed by atoms with Crippen LogP contribution < -0.4 is 0 Å². The molecule has 1 aromatic rings. The first-order chi connectivity index (χ1) is 14.3. The number of benzene rings is 1. The van der Waals surface area contributed by atoms with Gasteiger partial charge in [0, 0.05) is 27.2 Å². The van der Waals surface area contributed by atoms with E-state index in [0.29, 0.717) is 0 Å². The van der Waals surface area contributed by atoms with Gasteiger partial charge in [0.25, 0.3) is 11.8 Å². The highest BCUT2D eigenvalue weighted by molar-refractivity contribution is 5.94. The Labute approximate surface area is 174 Å². The Bertz CT molecular complexity index is 783. The van der Waals surface area contributed by atoms with Crippen LogP contribution in [0.2, 0.25) is 0 Å². The molecule has 0 aliphatic rings. The fourth-order valence-electron chi connectivity index (χ4n) is 2.07. The van der Waals surface area contributed by atoms with Gasteiger partial charge in [-0.1, -0.05) is 0 Å². The van der Waals surface area contributed by atoms with Crippen LogP contribution in [0.1, 0.15) is 33.6 Å². The summed E-state index contributed by atoms with van der Waals surface area (Å²) in [6.45, 7) is -0.460. The van der Waals surface area contributed by atoms with Crippen LogP contribution in [0, 0.1) is 22.7 Å². The van der Waals surface area contributed by atoms with Gasteiger partial charge in [0.2, 0.25) is 0 Å². The number of carbonyl (C=O) groups excluding carboxylic acids is 4. The average molecular weight is 414 g/mol. The van der Waals surface area contributed by atoms with Crippen molar-refractivity contribution in [2.75, 3.05) is 40.4 Å². The molecule has 0 fully saturated rings. The van der Waals surface area contributed by atoms with Crippen molar-refractivity contribution < 1.29 is 28.7 Å². The minimum Gasteiger partial charge on any atom is -0.452 e. The van der Waals surface area contributed by atoms with E-state index in [1.807, 2.05) is 12.1 Å². The van der Waals surface area contributed by atoms with E-state index in [9.17, 15) is 19.2 Å². The van der Waals surface area contributed by atoms with Gasteiger partial charge >= 0.3 is 11.9 Å². The zero-order valence-electron chi connectivity index (χ0n) is 16.8. The molecular weight excluding hydrogens is 392 g/mol. The number of rotatable bonds is 10. The molecule has 0 unspecified atom stereocenters. The molecule has 158 valence electrons. The first kappa shape index (κ1) is 24.1. The lowest BCUT2D eigenvalue weighted by Gasteiger charge is -2.15. The van der Waals surface area contributed by atoms with Gasteiger partial charge in [-0.2, -0.15) is 10.5 Å². The molecule has 0 aliphatic carbocycles. The van der Waals surface area contributed by atoms with Crippen molar-refractivity contribution in [2.45, 2.75) is 12.8 Å². The van der Waals surface area contributed by atoms with E-state index >= 15 is 0 Å². The van der Waals surface area contributed by atoms with E-state index in [-0.39, 0.29) is 37.1 Å². The lowest BCUT2D eigenvalue weighted by atomic mass is 10.1. The largest absolute Gasteiger partial charge is 0.452 e. The summed E-state index contributed by atoms with van der Waals surface area (Å²) >= 11 is 0. The first-order valence-corrected chi connectivity index (χ1v) is 8.96. The van der Waals surface area contributed by atoms with E-state index in [4.69, 9.17) is 20.0 Å². The van der Waals surface area contributed by atoms with Crippen LogP contribution in [0.3, 0.4) is 0 Å². The second-order valence-electron chi connectivity index (χ2n) is 6.18. The third-order valence-electron chi connectivity index (χ3n) is 3.98. The van der Waals surface area contributed by atoms with Crippen molar-refractivity contribution in [3.63, 3.8) is 0 Å². The predicted octanol–water partition coefficient (Wildman–Crippen LogP) is 0.744. The molecule has 0 aliphatic heterocycles. The highest BCUT2D eigenvalue weighted by Gasteiger charge is 2.16. The van der Waals surface area contributed by atoms with E-state index in [1.165, 1.54) is 48.2 Å². The molecular formula is C20H22N4O6. The molecule has 0 bridgehead atoms. The van der Waals surface area contributed by atoms with Gasteiger partial charge in [-0.25, -0.2) is 9.59 Å². The molecule has 0 spiro atoms. The summed E-state index contributed by atoms with van der Waals surface area (Å²) in [5.41, 5.74) is 0.262. The fourth-order valence-corrected chi connectivity index (χ4v) is 2.07. The van der Waals surface area contributed by atoms with E-state index in [2.05, 4.69) is 0 Å². The Morgan fingerprint density at radius 1 is 0.767 bits per heavy atom. The van der Waals surface area contributed by atoms with Crippen LogP contribution in [0.4, 0.5) is 0 Å². The number of nitrogens with zero attached hydrogens (tertiary/aromatic N) is 4. The molecule has 0 radical (unpaired) electrons. The Hall–Kier alpha value is -3.92. The number of carbonyl (C=O) groups is 4. The van der Waals surface area contributed by atoms with Gasteiger partial charge < -0.3 is 19.3 Å². The minimum absolute atomic E-state index is 0.131. The molecule has 0 saturated carbocycles. The molecule has 10 heteroatoms. The topological polar surface area (TPSA) is 141 Å². The SMILES string of the molecule is CN(CCC#N)C(=O)COC(=O)c1ccc(C(=O)OCC(=O)N(C)CCC#N)cc1. The van der Waals surface area contributed by atoms with Crippen molar-refractivity contribution in [1.29, 1.82) is 10.5 Å². The highest BCUT2D eigenvalue weighted by atomic mass is 16.5. The van der Waals surface area contributed by atoms with E-state index < -0.39 is 37.0 Å². The summed E-state index contributed by atoms with van der Waals surface area (Å²) in [4.78, 5) is 50.2. The van der Waals surface area contributed by atoms with Crippen LogP contribution in [0.25, 0.3) is 0 Å². The standard InChI is InChI=1S/C20H22N4O6/c1-23(11-3-9-21)17(25)13-29-19(27)15-5-7-16(8-6-15)20(28)30-14-18(26)24(2)12-4-10-22/h5-8H,3-4,11-14H2,1-2H3. The average Bonchev–Trinajstić information content (AvgIpc) is 2.77. The van der Waals surface area contributed by atoms with Crippen molar-refractivity contribution in [3.8, 4) is 12.1 Å². The first-order valence-electron chi connectivity index (χ1n) is 8.96. The molecule has 0 heterocycles. The Morgan fingerprint density at radius 3 is 1.40 bits per heavy atom. The zero-order valence-corrected chi connectivity index (χ0v) is 16.8. The molecule has 0 saturated heterocycles. The number of ether oxygens (including phenoxy) is 2. The zero-order chi connectivity index (χ0) is 22.5. The van der Waals surface area contributed by atoms with Crippen LogP contribution in [0.15, 0.2) is 24.3 Å². The quantitative estimate of drug-likeness (QED) is 0.511. The molecule has 0 atom stereocenters. The number of amides is 2. The Morgan fingerprint density at radius 2 is 1.10 bits per heavy atom. The van der Waals surface area contributed by atoms with Crippen molar-refractivity contribution in [1.82, 2.24) is 9.80 Å². The maximum absolute atomic E-state index is 12.0. The summed E-state index contributed by atoms with van der Waals surface area (Å²) in [6.07, 6.45) is 0.352. The van der Waals surface area contributed by atoms with Crippen molar-refractivity contribution in [3.05, 3.63) is 35.4 Å². The predicted molar refractivity (Wildman–Crippen MR) is 103 cm³/mol. The van der Waals surface area contributed by atoms with E-state index in [0.717, 1.165) is 0 Å². The second-order valence-corrected chi connectivity index (χ2v) is 6.18. The second kappa shape index (κ2) is 12.5. The number of likely N-dealkylation sites (N-methyl/N-ethyl adjacent to an activating group) is 2. The van der Waals surface area contributed by atoms with Crippen LogP contribution in [-0.2, 0) is 19.1 Å². The summed E-state index contributed by atoms with van der Waals surface area (Å²) in [7, 11) is 3.00. The summed E-state index contributed by atoms with van der Waals surface area (Å²) in [6, 6.07) is 9.18. The molecule has 0 aromatic heterocycles. The minimum atomic E-state index is -0.744. The molecule has 2 amide bonds. The number of hydrogen-bond donors (Lipinski definition) is 0. The fraction of sp³-hybridized carbons (Fsp3) is 0.400. The molecule has 10 nitrogen and oxygen atoms in total. The molecule has 1 rings (SSSR count). The third-order valence-corrected chi connectivity index (χ3v) is 3.98. The van der Waals surface area contributed by atoms with Crippen molar-refractivity contribution in [2.24, 2.45) is 0 Å². The summed E-state index contributed by atoms with van der Waals surface area (Å²) in [5.74, 6) is -2.37. The normalized spacial score (nSPS) is 9.60. The van der Waals surface area contributed by atoms with Crippen LogP contribution in [-0.4, -0.2) is 74.0 Å². The number of hydrogen-bond acceptors (Lipinski definition) is 8. The van der Waals surface area contributed by atoms with Gasteiger partial charge in [-0.15, -0.1) is 0 Å². The summed E-state index contributed by atoms with van der Waals surface area (Å²) in [5, 5.41) is 17.0. The third kappa shape index (κ3) is 7.98. The van der Waals surface area contributed by atoms with E-state index in [1.54, 1.807) is 0 Å². The molecule has 0 N–H and O–H groups in total. The molecule has 30 heavy (non-hydrogen) atoms. The number of nitriles is 2.